The quantitative estimate of drug-likeness (QED) is 0.138. The molecule has 5 N–H and O–H groups in total. The van der Waals surface area contributed by atoms with E-state index in [1.54, 1.807) is 6.20 Å². The maximum Gasteiger partial charge on any atom is 0.407 e. The number of aliphatic hydroxyl groups is 1. The lowest BCUT2D eigenvalue weighted by Crippen LogP contribution is -2.55. The van der Waals surface area contributed by atoms with Gasteiger partial charge in [-0.3, -0.25) is 19.3 Å². The van der Waals surface area contributed by atoms with Crippen molar-refractivity contribution in [3.8, 4) is 0 Å². The number of hydrogen-bond acceptors (Lipinski definition) is 6. The molecule has 1 aliphatic carbocycles. The number of rotatable bonds is 18. The lowest BCUT2D eigenvalue weighted by molar-refractivity contribution is -0.134. The second-order valence-electron chi connectivity index (χ2n) is 14.3. The third-order valence-electron chi connectivity index (χ3n) is 10.4. The third-order valence-corrected chi connectivity index (χ3v) is 10.4. The van der Waals surface area contributed by atoms with E-state index in [1.165, 1.54) is 12.7 Å². The number of hydrogen-bond donors (Lipinski definition) is 5. The molecule has 1 saturated carbocycles. The third kappa shape index (κ3) is 11.3. The van der Waals surface area contributed by atoms with Crippen molar-refractivity contribution in [2.75, 3.05) is 6.54 Å². The number of ketones is 1. The molecule has 2 heterocycles. The lowest BCUT2D eigenvalue weighted by Gasteiger charge is -2.33. The van der Waals surface area contributed by atoms with Gasteiger partial charge in [-0.1, -0.05) is 82.4 Å². The zero-order valence-corrected chi connectivity index (χ0v) is 29.1. The number of nitrogens with zero attached hydrogens (tertiary/aromatic N) is 2. The number of benzene rings is 1. The molecule has 4 rings (SSSR count). The van der Waals surface area contributed by atoms with Gasteiger partial charge in [0.05, 0.1) is 30.2 Å². The molecule has 1 aromatic heterocycles. The molecule has 2 aromatic rings. The Bertz CT molecular complexity index is 1360. The highest BCUT2D eigenvalue weighted by Gasteiger charge is 2.37. The van der Waals surface area contributed by atoms with Crippen molar-refractivity contribution in [1.82, 2.24) is 25.5 Å². The van der Waals surface area contributed by atoms with E-state index in [0.29, 0.717) is 37.3 Å². The minimum Gasteiger partial charge on any atom is -0.465 e. The van der Waals surface area contributed by atoms with Gasteiger partial charge in [0.25, 0.3) is 0 Å². The minimum absolute atomic E-state index is 0.0773. The number of H-pyrrole nitrogens is 1. The number of aliphatic hydroxyl groups excluding tert-OH is 1. The predicted octanol–water partition coefficient (Wildman–Crippen LogP) is 5.06. The second-order valence-corrected chi connectivity index (χ2v) is 14.3. The number of amides is 3. The highest BCUT2D eigenvalue weighted by Crippen LogP contribution is 2.30. The van der Waals surface area contributed by atoms with E-state index in [4.69, 9.17) is 0 Å². The van der Waals surface area contributed by atoms with Crippen LogP contribution in [-0.2, 0) is 27.2 Å². The second kappa shape index (κ2) is 18.7. The van der Waals surface area contributed by atoms with E-state index >= 15 is 0 Å². The van der Waals surface area contributed by atoms with Crippen LogP contribution in [0.3, 0.4) is 0 Å². The van der Waals surface area contributed by atoms with Gasteiger partial charge < -0.3 is 25.8 Å². The summed E-state index contributed by atoms with van der Waals surface area (Å²) >= 11 is 0. The molecule has 0 spiro atoms. The number of carboxylic acid groups (broad SMARTS) is 1. The highest BCUT2D eigenvalue weighted by molar-refractivity contribution is 5.94. The number of Topliss-reactive ketones (excluding diaryl/α,β-unsaturated/α-hetero) is 1. The van der Waals surface area contributed by atoms with Crippen LogP contribution < -0.4 is 10.6 Å². The summed E-state index contributed by atoms with van der Waals surface area (Å²) in [5, 5.41) is 27.2. The molecule has 6 atom stereocenters. The molecule has 3 amide bonds. The van der Waals surface area contributed by atoms with Crippen LogP contribution in [0.5, 0.6) is 0 Å². The number of aromatic amines is 1. The van der Waals surface area contributed by atoms with Gasteiger partial charge in [-0.25, -0.2) is 9.78 Å². The van der Waals surface area contributed by atoms with Gasteiger partial charge in [-0.05, 0) is 55.4 Å². The van der Waals surface area contributed by atoms with E-state index in [1.807, 2.05) is 36.4 Å². The van der Waals surface area contributed by atoms with Crippen molar-refractivity contribution in [3.63, 3.8) is 0 Å². The number of imidazole rings is 1. The summed E-state index contributed by atoms with van der Waals surface area (Å²) in [6, 6.07) is 7.01. The Kier molecular flexibility index (Phi) is 14.4. The average molecular weight is 678 g/mol. The Morgan fingerprint density at radius 1 is 1.02 bits per heavy atom. The number of aromatic nitrogens is 2. The summed E-state index contributed by atoms with van der Waals surface area (Å²) in [6.07, 6.45) is 11.0. The Balaban J connectivity index is 1.56. The molecule has 268 valence electrons. The normalized spacial score (nSPS) is 19.8. The molecule has 0 bridgehead atoms. The van der Waals surface area contributed by atoms with Crippen molar-refractivity contribution in [2.24, 2.45) is 23.7 Å². The standard InChI is InChI=1S/C38H55N5O6/c1-4-28(25(2)3)20-34(44)31(19-27-14-9-6-10-15-27)41-37(47)32(22-30-23-39-24-40-30)42-36(46)29(18-26-12-7-5-8-13-26)21-35(45)33-16-11-17-43(33)38(48)49/h4-5,7-8,12-13,23-25,27-29,31-34,44H,1,6,9-11,14-22H2,2-3H3,(H,39,40)(H,41,47)(H,42,46)(H,48,49)/t28-,29-,31-,32-,33-,34+/m0/s1. The number of carbonyl (C=O) groups is 4. The molecule has 0 unspecified atom stereocenters. The summed E-state index contributed by atoms with van der Waals surface area (Å²) in [7, 11) is 0. The molecular formula is C38H55N5O6. The topological polar surface area (TPSA) is 165 Å². The summed E-state index contributed by atoms with van der Waals surface area (Å²) in [5.41, 5.74) is 1.43. The fourth-order valence-corrected chi connectivity index (χ4v) is 7.44. The van der Waals surface area contributed by atoms with Gasteiger partial charge in [-0.2, -0.15) is 0 Å². The predicted molar refractivity (Wildman–Crippen MR) is 188 cm³/mol. The highest BCUT2D eigenvalue weighted by atomic mass is 16.4. The summed E-state index contributed by atoms with van der Waals surface area (Å²) in [4.78, 5) is 61.9. The maximum atomic E-state index is 14.1. The summed E-state index contributed by atoms with van der Waals surface area (Å²) in [5.74, 6) is -1.28. The molecule has 1 saturated heterocycles. The van der Waals surface area contributed by atoms with Crippen LogP contribution in [0.1, 0.15) is 89.3 Å². The first-order valence-electron chi connectivity index (χ1n) is 18.0. The van der Waals surface area contributed by atoms with E-state index in [9.17, 15) is 29.4 Å². The summed E-state index contributed by atoms with van der Waals surface area (Å²) in [6.45, 7) is 8.43. The van der Waals surface area contributed by atoms with Crippen molar-refractivity contribution >= 4 is 23.7 Å². The zero-order valence-electron chi connectivity index (χ0n) is 29.1. The van der Waals surface area contributed by atoms with Crippen LogP contribution in [0.4, 0.5) is 4.79 Å². The Morgan fingerprint density at radius 3 is 2.39 bits per heavy atom. The molecule has 2 aliphatic rings. The van der Waals surface area contributed by atoms with Crippen LogP contribution in [0.25, 0.3) is 0 Å². The molecule has 1 aromatic carbocycles. The van der Waals surface area contributed by atoms with Gasteiger partial charge in [0, 0.05) is 31.5 Å². The molecule has 49 heavy (non-hydrogen) atoms. The fraction of sp³-hybridized carbons (Fsp3) is 0.605. The largest absolute Gasteiger partial charge is 0.465 e. The number of allylic oxidation sites excluding steroid dienone is 1. The van der Waals surface area contributed by atoms with E-state index in [0.717, 1.165) is 36.1 Å². The van der Waals surface area contributed by atoms with Gasteiger partial charge in [-0.15, -0.1) is 6.58 Å². The van der Waals surface area contributed by atoms with E-state index in [2.05, 4.69) is 41.0 Å². The number of likely N-dealkylation sites (tertiary alicyclic amines) is 1. The van der Waals surface area contributed by atoms with Gasteiger partial charge in [0.2, 0.25) is 11.8 Å². The first kappa shape index (κ1) is 37.8. The van der Waals surface area contributed by atoms with Crippen molar-refractivity contribution in [1.29, 1.82) is 0 Å². The van der Waals surface area contributed by atoms with Crippen LogP contribution >= 0.6 is 0 Å². The molecule has 1 aliphatic heterocycles. The van der Waals surface area contributed by atoms with Crippen molar-refractivity contribution in [3.05, 3.63) is 66.8 Å². The molecule has 2 fully saturated rings. The van der Waals surface area contributed by atoms with Crippen LogP contribution in [0.15, 0.2) is 55.5 Å². The molecule has 0 radical (unpaired) electrons. The van der Waals surface area contributed by atoms with Gasteiger partial charge in [0.1, 0.15) is 6.04 Å². The van der Waals surface area contributed by atoms with Gasteiger partial charge >= 0.3 is 6.09 Å². The van der Waals surface area contributed by atoms with Crippen LogP contribution in [-0.4, -0.2) is 79.5 Å². The molecule has 11 nitrogen and oxygen atoms in total. The monoisotopic (exact) mass is 677 g/mol. The Labute approximate surface area is 290 Å². The molecule has 11 heteroatoms. The zero-order chi connectivity index (χ0) is 35.3. The van der Waals surface area contributed by atoms with E-state index in [-0.39, 0.29) is 43.4 Å². The van der Waals surface area contributed by atoms with Crippen LogP contribution in [0.2, 0.25) is 0 Å². The van der Waals surface area contributed by atoms with Crippen LogP contribution in [0, 0.1) is 23.7 Å². The lowest BCUT2D eigenvalue weighted by atomic mass is 9.81. The van der Waals surface area contributed by atoms with Crippen molar-refractivity contribution < 1.29 is 29.4 Å². The Morgan fingerprint density at radius 2 is 1.76 bits per heavy atom. The maximum absolute atomic E-state index is 14.1. The Hall–Kier alpha value is -3.99. The SMILES string of the molecule is C=C[C@@H](C[C@@H](O)[C@H](CC1CCCCC1)NC(=O)[C@H](Cc1c[nH]cn1)NC(=O)[C@H](CC(=O)[C@@H]1CCCN1C(=O)O)Cc1ccccc1)C(C)C. The number of carbonyl (C=O) groups excluding carboxylic acids is 3. The van der Waals surface area contributed by atoms with Crippen molar-refractivity contribution in [2.45, 2.75) is 115 Å². The first-order chi connectivity index (χ1) is 23.5. The first-order valence-corrected chi connectivity index (χ1v) is 18.0. The average Bonchev–Trinajstić information content (AvgIpc) is 3.80. The molecular weight excluding hydrogens is 622 g/mol. The van der Waals surface area contributed by atoms with Gasteiger partial charge in [0.15, 0.2) is 5.78 Å². The van der Waals surface area contributed by atoms with E-state index < -0.39 is 48.1 Å². The number of nitrogens with one attached hydrogen (secondary N) is 3. The smallest absolute Gasteiger partial charge is 0.407 e. The minimum atomic E-state index is -1.14. The summed E-state index contributed by atoms with van der Waals surface area (Å²) < 4.78 is 0. The fourth-order valence-electron chi connectivity index (χ4n) is 7.44.